The lowest BCUT2D eigenvalue weighted by Gasteiger charge is -2.12. The second-order valence-electron chi connectivity index (χ2n) is 7.00. The average molecular weight is 477 g/mol. The van der Waals surface area contributed by atoms with Gasteiger partial charge in [-0.2, -0.15) is 0 Å². The summed E-state index contributed by atoms with van der Waals surface area (Å²) in [6, 6.07) is 15.5. The van der Waals surface area contributed by atoms with Gasteiger partial charge in [-0.15, -0.1) is 0 Å². The highest BCUT2D eigenvalue weighted by Crippen LogP contribution is 2.38. The van der Waals surface area contributed by atoms with E-state index in [1.165, 1.54) is 0 Å². The van der Waals surface area contributed by atoms with Gasteiger partial charge >= 0.3 is 0 Å². The lowest BCUT2D eigenvalue weighted by atomic mass is 9.99. The Morgan fingerprint density at radius 2 is 2.10 bits per heavy atom. The number of halogens is 1. The molecule has 0 unspecified atom stereocenters. The SMILES string of the molecule is CCOc1cc2occ(-c3cccc(Br)c3)c2cc1/C(C)=C/C(=O)Nc1cccnc1. The molecule has 0 bridgehead atoms. The number of nitrogens with zero attached hydrogens (tertiary/aromatic N) is 1. The number of amides is 1. The molecule has 1 N–H and O–H groups in total. The minimum atomic E-state index is -0.229. The summed E-state index contributed by atoms with van der Waals surface area (Å²) in [6.07, 6.45) is 6.58. The predicted molar refractivity (Wildman–Crippen MR) is 127 cm³/mol. The number of nitrogens with one attached hydrogen (secondary N) is 1. The molecule has 0 radical (unpaired) electrons. The lowest BCUT2D eigenvalue weighted by Crippen LogP contribution is -2.08. The van der Waals surface area contributed by atoms with Crippen LogP contribution in [0, 0.1) is 0 Å². The molecule has 2 aromatic heterocycles. The largest absolute Gasteiger partial charge is 0.493 e. The number of furan rings is 1. The topological polar surface area (TPSA) is 64.4 Å². The van der Waals surface area contributed by atoms with Crippen LogP contribution in [0.5, 0.6) is 5.75 Å². The van der Waals surface area contributed by atoms with Crippen LogP contribution < -0.4 is 10.1 Å². The van der Waals surface area contributed by atoms with Crippen LogP contribution in [-0.4, -0.2) is 17.5 Å². The minimum absolute atomic E-state index is 0.229. The molecule has 31 heavy (non-hydrogen) atoms. The maximum atomic E-state index is 12.5. The number of benzene rings is 2. The second kappa shape index (κ2) is 9.18. The fraction of sp³-hybridized carbons (Fsp3) is 0.120. The Kier molecular flexibility index (Phi) is 6.18. The first-order chi connectivity index (χ1) is 15.0. The summed E-state index contributed by atoms with van der Waals surface area (Å²) >= 11 is 3.53. The molecule has 2 heterocycles. The summed E-state index contributed by atoms with van der Waals surface area (Å²) in [4.78, 5) is 16.5. The fourth-order valence-corrected chi connectivity index (χ4v) is 3.81. The Bertz CT molecular complexity index is 1260. The second-order valence-corrected chi connectivity index (χ2v) is 7.91. The summed E-state index contributed by atoms with van der Waals surface area (Å²) in [7, 11) is 0. The van der Waals surface area contributed by atoms with E-state index >= 15 is 0 Å². The van der Waals surface area contributed by atoms with Crippen LogP contribution >= 0.6 is 15.9 Å². The third-order valence-corrected chi connectivity index (χ3v) is 5.31. The third kappa shape index (κ3) is 4.70. The van der Waals surface area contributed by atoms with Crippen LogP contribution in [0.1, 0.15) is 19.4 Å². The minimum Gasteiger partial charge on any atom is -0.493 e. The van der Waals surface area contributed by atoms with Crippen LogP contribution in [0.25, 0.3) is 27.7 Å². The van der Waals surface area contributed by atoms with Crippen molar-refractivity contribution in [2.24, 2.45) is 0 Å². The average Bonchev–Trinajstić information content (AvgIpc) is 3.17. The summed E-state index contributed by atoms with van der Waals surface area (Å²) in [5.74, 6) is 0.445. The summed E-state index contributed by atoms with van der Waals surface area (Å²) in [5.41, 5.74) is 5.02. The van der Waals surface area contributed by atoms with E-state index in [0.717, 1.165) is 37.7 Å². The van der Waals surface area contributed by atoms with E-state index in [0.29, 0.717) is 18.0 Å². The number of carbonyl (C=O) groups excluding carboxylic acids is 1. The van der Waals surface area contributed by atoms with Crippen molar-refractivity contribution in [3.8, 4) is 16.9 Å². The molecule has 1 amide bonds. The molecule has 0 atom stereocenters. The maximum Gasteiger partial charge on any atom is 0.248 e. The van der Waals surface area contributed by atoms with Crippen molar-refractivity contribution in [3.63, 3.8) is 0 Å². The number of ether oxygens (including phenoxy) is 1. The van der Waals surface area contributed by atoms with E-state index < -0.39 is 0 Å². The molecule has 0 fully saturated rings. The number of hydrogen-bond donors (Lipinski definition) is 1. The van der Waals surface area contributed by atoms with Crippen molar-refractivity contribution in [1.29, 1.82) is 0 Å². The monoisotopic (exact) mass is 476 g/mol. The zero-order valence-electron chi connectivity index (χ0n) is 17.2. The van der Waals surface area contributed by atoms with Crippen LogP contribution in [0.4, 0.5) is 5.69 Å². The van der Waals surface area contributed by atoms with E-state index in [1.54, 1.807) is 36.9 Å². The molecular weight excluding hydrogens is 456 g/mol. The predicted octanol–water partition coefficient (Wildman–Crippen LogP) is 6.70. The van der Waals surface area contributed by atoms with Gasteiger partial charge in [0.25, 0.3) is 0 Å². The molecule has 2 aromatic carbocycles. The third-order valence-electron chi connectivity index (χ3n) is 4.81. The van der Waals surface area contributed by atoms with E-state index in [4.69, 9.17) is 9.15 Å². The van der Waals surface area contributed by atoms with Crippen molar-refractivity contribution in [2.75, 3.05) is 11.9 Å². The van der Waals surface area contributed by atoms with E-state index in [2.05, 4.69) is 26.2 Å². The Morgan fingerprint density at radius 3 is 2.84 bits per heavy atom. The van der Waals surface area contributed by atoms with Gasteiger partial charge in [0, 0.05) is 39.3 Å². The fourth-order valence-electron chi connectivity index (χ4n) is 3.41. The van der Waals surface area contributed by atoms with Crippen molar-refractivity contribution in [3.05, 3.63) is 83.3 Å². The van der Waals surface area contributed by atoms with Gasteiger partial charge in [-0.3, -0.25) is 9.78 Å². The van der Waals surface area contributed by atoms with E-state index in [-0.39, 0.29) is 5.91 Å². The van der Waals surface area contributed by atoms with Crippen molar-refractivity contribution in [2.45, 2.75) is 13.8 Å². The molecule has 5 nitrogen and oxygen atoms in total. The summed E-state index contributed by atoms with van der Waals surface area (Å²) < 4.78 is 12.7. The highest BCUT2D eigenvalue weighted by molar-refractivity contribution is 9.10. The number of allylic oxidation sites excluding steroid dienone is 1. The number of aromatic nitrogens is 1. The molecule has 4 rings (SSSR count). The molecule has 0 saturated carbocycles. The van der Waals surface area contributed by atoms with Crippen molar-refractivity contribution in [1.82, 2.24) is 4.98 Å². The zero-order chi connectivity index (χ0) is 21.8. The van der Waals surface area contributed by atoms with Gasteiger partial charge in [-0.05, 0) is 55.3 Å². The van der Waals surface area contributed by atoms with Gasteiger partial charge in [-0.25, -0.2) is 0 Å². The first kappa shape index (κ1) is 20.9. The smallest absolute Gasteiger partial charge is 0.248 e. The molecule has 4 aromatic rings. The van der Waals surface area contributed by atoms with Crippen LogP contribution in [0.2, 0.25) is 0 Å². The molecule has 0 aliphatic rings. The summed E-state index contributed by atoms with van der Waals surface area (Å²) in [6.45, 7) is 4.33. The first-order valence-corrected chi connectivity index (χ1v) is 10.7. The first-order valence-electron chi connectivity index (χ1n) is 9.89. The molecule has 156 valence electrons. The summed E-state index contributed by atoms with van der Waals surface area (Å²) in [5, 5.41) is 3.78. The molecule has 6 heteroatoms. The highest BCUT2D eigenvalue weighted by atomic mass is 79.9. The highest BCUT2D eigenvalue weighted by Gasteiger charge is 2.15. The van der Waals surface area contributed by atoms with E-state index in [9.17, 15) is 4.79 Å². The Balaban J connectivity index is 1.75. The maximum absolute atomic E-state index is 12.5. The Morgan fingerprint density at radius 1 is 1.23 bits per heavy atom. The number of carbonyl (C=O) groups is 1. The lowest BCUT2D eigenvalue weighted by molar-refractivity contribution is -0.111. The van der Waals surface area contributed by atoms with Gasteiger partial charge in [0.1, 0.15) is 11.3 Å². The number of hydrogen-bond acceptors (Lipinski definition) is 4. The Hall–Kier alpha value is -3.38. The zero-order valence-corrected chi connectivity index (χ0v) is 18.8. The molecule has 0 aliphatic carbocycles. The van der Waals surface area contributed by atoms with Gasteiger partial charge in [-0.1, -0.05) is 28.1 Å². The van der Waals surface area contributed by atoms with Gasteiger partial charge in [0.2, 0.25) is 5.91 Å². The Labute approximate surface area is 188 Å². The molecule has 0 spiro atoms. The quantitative estimate of drug-likeness (QED) is 0.314. The number of rotatable bonds is 6. The van der Waals surface area contributed by atoms with Gasteiger partial charge in [0.05, 0.1) is 24.8 Å². The molecular formula is C25H21BrN2O3. The van der Waals surface area contributed by atoms with E-state index in [1.807, 2.05) is 50.2 Å². The standard InChI is InChI=1S/C25H21BrN2O3/c1-3-30-23-13-24-21(22(15-31-24)17-6-4-7-18(26)11-17)12-20(23)16(2)10-25(29)28-19-8-5-9-27-14-19/h4-15H,3H2,1-2H3,(H,28,29)/b16-10+. The molecule has 0 aliphatic heterocycles. The van der Waals surface area contributed by atoms with Crippen LogP contribution in [0.3, 0.4) is 0 Å². The number of fused-ring (bicyclic) bond motifs is 1. The van der Waals surface area contributed by atoms with Crippen LogP contribution in [-0.2, 0) is 4.79 Å². The van der Waals surface area contributed by atoms with Gasteiger partial charge in [0.15, 0.2) is 0 Å². The number of pyridine rings is 1. The van der Waals surface area contributed by atoms with Crippen molar-refractivity contribution < 1.29 is 13.9 Å². The number of anilines is 1. The van der Waals surface area contributed by atoms with Gasteiger partial charge < -0.3 is 14.5 Å². The normalized spacial score (nSPS) is 11.5. The molecule has 0 saturated heterocycles. The van der Waals surface area contributed by atoms with Crippen molar-refractivity contribution >= 4 is 44.1 Å². The van der Waals surface area contributed by atoms with Crippen LogP contribution in [0.15, 0.2) is 82.2 Å².